The van der Waals surface area contributed by atoms with Crippen molar-refractivity contribution in [1.29, 1.82) is 0 Å². The Morgan fingerprint density at radius 1 is 1.44 bits per heavy atom. The van der Waals surface area contributed by atoms with Crippen LogP contribution in [-0.4, -0.2) is 24.5 Å². The second-order valence-corrected chi connectivity index (χ2v) is 5.03. The lowest BCUT2D eigenvalue weighted by atomic mass is 10.1. The molecule has 0 saturated carbocycles. The van der Waals surface area contributed by atoms with Crippen molar-refractivity contribution in [2.24, 2.45) is 0 Å². The van der Waals surface area contributed by atoms with E-state index in [-0.39, 0.29) is 12.1 Å². The molecule has 1 unspecified atom stereocenters. The van der Waals surface area contributed by atoms with Gasteiger partial charge < -0.3 is 10.2 Å². The fourth-order valence-electron chi connectivity index (χ4n) is 1.58. The highest BCUT2D eigenvalue weighted by Gasteiger charge is 2.19. The van der Waals surface area contributed by atoms with E-state index >= 15 is 0 Å². The molecule has 1 rings (SSSR count). The average Bonchev–Trinajstić information content (AvgIpc) is 2.34. The van der Waals surface area contributed by atoms with Crippen molar-refractivity contribution < 1.29 is 4.79 Å². The van der Waals surface area contributed by atoms with Crippen LogP contribution >= 0.6 is 23.2 Å². The second kappa shape index (κ2) is 6.86. The molecule has 0 heterocycles. The van der Waals surface area contributed by atoms with E-state index in [0.717, 1.165) is 12.0 Å². The van der Waals surface area contributed by atoms with Crippen LogP contribution in [0.25, 0.3) is 0 Å². The highest BCUT2D eigenvalue weighted by atomic mass is 35.5. The second-order valence-electron chi connectivity index (χ2n) is 4.18. The zero-order chi connectivity index (χ0) is 13.7. The Hall–Kier alpha value is -0.930. The van der Waals surface area contributed by atoms with Crippen molar-refractivity contribution in [3.63, 3.8) is 0 Å². The summed E-state index contributed by atoms with van der Waals surface area (Å²) in [6, 6.07) is 5.10. The SMILES string of the molecule is CCCNC(=O)N(C)C(C)c1ccc(Cl)cc1Cl. The molecular formula is C13H18Cl2N2O. The third-order valence-corrected chi connectivity index (χ3v) is 3.40. The Bertz CT molecular complexity index is 423. The first-order chi connectivity index (χ1) is 8.47. The van der Waals surface area contributed by atoms with E-state index in [1.54, 1.807) is 24.1 Å². The maximum atomic E-state index is 11.8. The van der Waals surface area contributed by atoms with Gasteiger partial charge in [0.2, 0.25) is 0 Å². The van der Waals surface area contributed by atoms with Crippen molar-refractivity contribution in [3.05, 3.63) is 33.8 Å². The Kier molecular flexibility index (Phi) is 5.76. The van der Waals surface area contributed by atoms with Crippen molar-refractivity contribution in [2.75, 3.05) is 13.6 Å². The molecule has 0 aliphatic carbocycles. The molecule has 1 N–H and O–H groups in total. The minimum Gasteiger partial charge on any atom is -0.338 e. The van der Waals surface area contributed by atoms with Gasteiger partial charge in [-0.2, -0.15) is 0 Å². The van der Waals surface area contributed by atoms with Gasteiger partial charge in [-0.1, -0.05) is 36.2 Å². The molecule has 5 heteroatoms. The topological polar surface area (TPSA) is 32.3 Å². The molecule has 100 valence electrons. The smallest absolute Gasteiger partial charge is 0.317 e. The summed E-state index contributed by atoms with van der Waals surface area (Å²) in [5.41, 5.74) is 0.884. The van der Waals surface area contributed by atoms with Crippen LogP contribution in [0.4, 0.5) is 4.79 Å². The predicted octanol–water partition coefficient (Wildman–Crippen LogP) is 4.11. The van der Waals surface area contributed by atoms with Gasteiger partial charge in [0, 0.05) is 23.6 Å². The predicted molar refractivity (Wildman–Crippen MR) is 76.3 cm³/mol. The molecule has 1 atom stereocenters. The molecule has 0 fully saturated rings. The van der Waals surface area contributed by atoms with Crippen LogP contribution in [-0.2, 0) is 0 Å². The van der Waals surface area contributed by atoms with Crippen molar-refractivity contribution >= 4 is 29.2 Å². The first-order valence-electron chi connectivity index (χ1n) is 5.93. The number of nitrogens with zero attached hydrogens (tertiary/aromatic N) is 1. The van der Waals surface area contributed by atoms with Crippen LogP contribution in [0.1, 0.15) is 31.9 Å². The van der Waals surface area contributed by atoms with Gasteiger partial charge >= 0.3 is 6.03 Å². The molecule has 18 heavy (non-hydrogen) atoms. The van der Waals surface area contributed by atoms with E-state index in [9.17, 15) is 4.79 Å². The van der Waals surface area contributed by atoms with E-state index in [1.807, 2.05) is 19.9 Å². The molecule has 3 nitrogen and oxygen atoms in total. The number of carbonyl (C=O) groups excluding carboxylic acids is 1. The molecule has 0 aliphatic heterocycles. The Morgan fingerprint density at radius 3 is 2.67 bits per heavy atom. The summed E-state index contributed by atoms with van der Waals surface area (Å²) >= 11 is 12.0. The summed E-state index contributed by atoms with van der Waals surface area (Å²) in [4.78, 5) is 13.5. The summed E-state index contributed by atoms with van der Waals surface area (Å²) in [5, 5.41) is 4.00. The fraction of sp³-hybridized carbons (Fsp3) is 0.462. The molecule has 1 aromatic carbocycles. The Labute approximate surface area is 118 Å². The van der Waals surface area contributed by atoms with Gasteiger partial charge in [-0.25, -0.2) is 4.79 Å². The monoisotopic (exact) mass is 288 g/mol. The zero-order valence-corrected chi connectivity index (χ0v) is 12.3. The van der Waals surface area contributed by atoms with E-state index in [0.29, 0.717) is 16.6 Å². The van der Waals surface area contributed by atoms with Crippen LogP contribution in [0.3, 0.4) is 0 Å². The summed E-state index contributed by atoms with van der Waals surface area (Å²) in [6.45, 7) is 4.62. The zero-order valence-electron chi connectivity index (χ0n) is 10.8. The van der Waals surface area contributed by atoms with E-state index in [2.05, 4.69) is 5.32 Å². The van der Waals surface area contributed by atoms with E-state index in [4.69, 9.17) is 23.2 Å². The summed E-state index contributed by atoms with van der Waals surface area (Å²) < 4.78 is 0. The lowest BCUT2D eigenvalue weighted by molar-refractivity contribution is 0.194. The largest absolute Gasteiger partial charge is 0.338 e. The van der Waals surface area contributed by atoms with Gasteiger partial charge in [-0.3, -0.25) is 0 Å². The number of urea groups is 1. The van der Waals surface area contributed by atoms with Gasteiger partial charge in [0.25, 0.3) is 0 Å². The molecule has 0 radical (unpaired) electrons. The number of benzene rings is 1. The number of amides is 2. The van der Waals surface area contributed by atoms with Crippen LogP contribution in [0, 0.1) is 0 Å². The summed E-state index contributed by atoms with van der Waals surface area (Å²) in [6.07, 6.45) is 0.912. The number of halogens is 2. The molecule has 0 aliphatic rings. The fourth-order valence-corrected chi connectivity index (χ4v) is 2.15. The standard InChI is InChI=1S/C13H18Cl2N2O/c1-4-7-16-13(18)17(3)9(2)11-6-5-10(14)8-12(11)15/h5-6,8-9H,4,7H2,1-3H3,(H,16,18). The maximum absolute atomic E-state index is 11.8. The average molecular weight is 289 g/mol. The Balaban J connectivity index is 2.79. The van der Waals surface area contributed by atoms with E-state index < -0.39 is 0 Å². The molecular weight excluding hydrogens is 271 g/mol. The van der Waals surface area contributed by atoms with Crippen molar-refractivity contribution in [3.8, 4) is 0 Å². The first-order valence-corrected chi connectivity index (χ1v) is 6.68. The lowest BCUT2D eigenvalue weighted by Gasteiger charge is -2.26. The van der Waals surface area contributed by atoms with Gasteiger partial charge in [0.15, 0.2) is 0 Å². The first kappa shape index (κ1) is 15.1. The van der Waals surface area contributed by atoms with Crippen molar-refractivity contribution in [1.82, 2.24) is 10.2 Å². The normalized spacial score (nSPS) is 12.1. The molecule has 1 aromatic rings. The molecule has 2 amide bonds. The lowest BCUT2D eigenvalue weighted by Crippen LogP contribution is -2.39. The van der Waals surface area contributed by atoms with Crippen LogP contribution in [0.5, 0.6) is 0 Å². The maximum Gasteiger partial charge on any atom is 0.317 e. The molecule has 0 aromatic heterocycles. The highest BCUT2D eigenvalue weighted by Crippen LogP contribution is 2.28. The Morgan fingerprint density at radius 2 is 2.11 bits per heavy atom. The third-order valence-electron chi connectivity index (χ3n) is 2.84. The molecule has 0 saturated heterocycles. The van der Waals surface area contributed by atoms with Crippen LogP contribution in [0.2, 0.25) is 10.0 Å². The number of nitrogens with one attached hydrogen (secondary N) is 1. The quantitative estimate of drug-likeness (QED) is 0.889. The summed E-state index contributed by atoms with van der Waals surface area (Å²) in [5.74, 6) is 0. The van der Waals surface area contributed by atoms with Gasteiger partial charge in [0.05, 0.1) is 6.04 Å². The van der Waals surface area contributed by atoms with Gasteiger partial charge in [0.1, 0.15) is 0 Å². The van der Waals surface area contributed by atoms with Crippen molar-refractivity contribution in [2.45, 2.75) is 26.3 Å². The summed E-state index contributed by atoms with van der Waals surface area (Å²) in [7, 11) is 1.75. The molecule has 0 bridgehead atoms. The number of hydrogen-bond acceptors (Lipinski definition) is 1. The number of hydrogen-bond donors (Lipinski definition) is 1. The highest BCUT2D eigenvalue weighted by molar-refractivity contribution is 6.35. The van der Waals surface area contributed by atoms with Crippen LogP contribution < -0.4 is 5.32 Å². The minimum absolute atomic E-state index is 0.102. The number of carbonyl (C=O) groups is 1. The minimum atomic E-state index is -0.105. The number of rotatable bonds is 4. The van der Waals surface area contributed by atoms with Gasteiger partial charge in [-0.05, 0) is 31.0 Å². The van der Waals surface area contributed by atoms with Gasteiger partial charge in [-0.15, -0.1) is 0 Å². The van der Waals surface area contributed by atoms with E-state index in [1.165, 1.54) is 0 Å². The third kappa shape index (κ3) is 3.79. The molecule has 0 spiro atoms. The van der Waals surface area contributed by atoms with Crippen LogP contribution in [0.15, 0.2) is 18.2 Å².